The zero-order valence-corrected chi connectivity index (χ0v) is 20.5. The molecule has 9 nitrogen and oxygen atoms in total. The summed E-state index contributed by atoms with van der Waals surface area (Å²) in [6.45, 7) is 3.83. The smallest absolute Gasteiger partial charge is 0.264 e. The van der Waals surface area contributed by atoms with E-state index in [0.29, 0.717) is 35.4 Å². The van der Waals surface area contributed by atoms with Crippen molar-refractivity contribution in [2.24, 2.45) is 5.41 Å². The van der Waals surface area contributed by atoms with Gasteiger partial charge in [0, 0.05) is 35.0 Å². The van der Waals surface area contributed by atoms with Gasteiger partial charge >= 0.3 is 0 Å². The van der Waals surface area contributed by atoms with Crippen molar-refractivity contribution in [1.82, 2.24) is 15.0 Å². The highest BCUT2D eigenvalue weighted by atomic mass is 35.5. The Kier molecular flexibility index (Phi) is 7.30. The van der Waals surface area contributed by atoms with Crippen molar-refractivity contribution in [1.29, 1.82) is 0 Å². The number of carbonyl (C=O) groups excluding carboxylic acids is 1. The van der Waals surface area contributed by atoms with Crippen molar-refractivity contribution in [3.63, 3.8) is 0 Å². The highest BCUT2D eigenvalue weighted by molar-refractivity contribution is 6.30. The number of rotatable bonds is 8. The number of aliphatic hydroxyl groups is 2. The molecule has 3 aromatic rings. The van der Waals surface area contributed by atoms with Crippen LogP contribution in [0.3, 0.4) is 0 Å². The van der Waals surface area contributed by atoms with Crippen LogP contribution in [0.15, 0.2) is 47.0 Å². The maximum Gasteiger partial charge on any atom is 0.264 e. The van der Waals surface area contributed by atoms with Crippen LogP contribution < -0.4 is 9.47 Å². The molecule has 3 atom stereocenters. The van der Waals surface area contributed by atoms with Crippen LogP contribution in [0.1, 0.15) is 31.2 Å². The predicted octanol–water partition coefficient (Wildman–Crippen LogP) is 3.28. The molecule has 0 radical (unpaired) electrons. The van der Waals surface area contributed by atoms with Gasteiger partial charge in [0.05, 0.1) is 13.2 Å². The summed E-state index contributed by atoms with van der Waals surface area (Å²) in [6.07, 6.45) is -0.680. The molecule has 0 spiro atoms. The Bertz CT molecular complexity index is 1180. The maximum absolute atomic E-state index is 12.2. The van der Waals surface area contributed by atoms with E-state index in [0.717, 1.165) is 11.1 Å². The van der Waals surface area contributed by atoms with Crippen LogP contribution in [-0.2, 0) is 11.4 Å². The van der Waals surface area contributed by atoms with Crippen molar-refractivity contribution >= 4 is 17.5 Å². The zero-order valence-electron chi connectivity index (χ0n) is 19.8. The molecule has 2 N–H and O–H groups in total. The van der Waals surface area contributed by atoms with E-state index in [9.17, 15) is 15.0 Å². The summed E-state index contributed by atoms with van der Waals surface area (Å²) >= 11 is 5.94. The quantitative estimate of drug-likeness (QED) is 0.482. The van der Waals surface area contributed by atoms with Crippen LogP contribution in [0, 0.1) is 5.41 Å². The van der Waals surface area contributed by atoms with E-state index < -0.39 is 18.1 Å². The Hall–Kier alpha value is -3.14. The average Bonchev–Trinajstić information content (AvgIpc) is 3.48. The number of likely N-dealkylation sites (tertiary alicyclic amines) is 1. The van der Waals surface area contributed by atoms with E-state index in [2.05, 4.69) is 10.1 Å². The van der Waals surface area contributed by atoms with Crippen molar-refractivity contribution in [3.05, 3.63) is 58.9 Å². The number of hydrogen-bond donors (Lipinski definition) is 2. The number of hydrogen-bond acceptors (Lipinski definition) is 8. The fourth-order valence-corrected chi connectivity index (χ4v) is 4.53. The zero-order chi connectivity index (χ0) is 25.2. The lowest BCUT2D eigenvalue weighted by Gasteiger charge is -2.33. The number of nitrogens with zero attached hydrogens (tertiary/aromatic N) is 3. The first kappa shape index (κ1) is 25.0. The Morgan fingerprint density at radius 2 is 2.03 bits per heavy atom. The molecule has 0 saturated carbocycles. The van der Waals surface area contributed by atoms with Crippen LogP contribution in [0.4, 0.5) is 0 Å². The second-order valence-corrected chi connectivity index (χ2v) is 9.32. The summed E-state index contributed by atoms with van der Waals surface area (Å²) in [5.74, 6) is 1.16. The minimum absolute atomic E-state index is 0.0217. The molecule has 35 heavy (non-hydrogen) atoms. The number of aromatic nitrogens is 2. The molecule has 2 heterocycles. The van der Waals surface area contributed by atoms with Gasteiger partial charge in [-0.15, -0.1) is 0 Å². The molecule has 0 bridgehead atoms. The molecular formula is C25H28ClN3O6. The third-order valence-corrected chi connectivity index (χ3v) is 6.94. The van der Waals surface area contributed by atoms with E-state index >= 15 is 0 Å². The van der Waals surface area contributed by atoms with Crippen LogP contribution in [0.2, 0.25) is 5.02 Å². The minimum atomic E-state index is -0.680. The lowest BCUT2D eigenvalue weighted by Crippen LogP contribution is -2.38. The highest BCUT2D eigenvalue weighted by Crippen LogP contribution is 2.46. The van der Waals surface area contributed by atoms with Crippen molar-refractivity contribution < 1.29 is 29.0 Å². The molecule has 1 aromatic heterocycles. The Balaban J connectivity index is 1.55. The number of benzene rings is 2. The molecule has 2 aromatic carbocycles. The van der Waals surface area contributed by atoms with E-state index in [-0.39, 0.29) is 24.3 Å². The van der Waals surface area contributed by atoms with E-state index in [1.165, 1.54) is 0 Å². The molecule has 1 aliphatic heterocycles. The molecule has 1 fully saturated rings. The summed E-state index contributed by atoms with van der Waals surface area (Å²) in [4.78, 5) is 18.1. The molecule has 0 aliphatic carbocycles. The summed E-state index contributed by atoms with van der Waals surface area (Å²) in [5.41, 5.74) is 1.05. The van der Waals surface area contributed by atoms with Gasteiger partial charge in [0.25, 0.3) is 5.89 Å². The predicted molar refractivity (Wildman–Crippen MR) is 128 cm³/mol. The highest BCUT2D eigenvalue weighted by Gasteiger charge is 2.48. The van der Waals surface area contributed by atoms with Gasteiger partial charge in [0.15, 0.2) is 18.1 Å². The molecule has 0 unspecified atom stereocenters. The fraction of sp³-hybridized carbons (Fsp3) is 0.400. The normalized spacial score (nSPS) is 20.6. The van der Waals surface area contributed by atoms with E-state index in [4.69, 9.17) is 25.6 Å². The van der Waals surface area contributed by atoms with Gasteiger partial charge in [0.1, 0.15) is 6.61 Å². The first-order valence-electron chi connectivity index (χ1n) is 11.2. The summed E-state index contributed by atoms with van der Waals surface area (Å²) in [5, 5.41) is 24.5. The van der Waals surface area contributed by atoms with Crippen LogP contribution >= 0.6 is 11.6 Å². The first-order valence-corrected chi connectivity index (χ1v) is 11.6. The standard InChI is InChI=1S/C25H28ClN3O6/c1-15(31)25(2)14-29(23(32)12-30)11-19(25)17-6-9-20(33-3)21(10-17)34-13-22-27-24(28-35-22)16-4-7-18(26)8-5-16/h4-10,15,19,30-31H,11-14H2,1-3H3/t15-,19+,25+/m1/s1. The van der Waals surface area contributed by atoms with Gasteiger partial charge in [-0.05, 0) is 48.9 Å². The van der Waals surface area contributed by atoms with E-state index in [1.54, 1.807) is 49.3 Å². The number of carbonyl (C=O) groups is 1. The summed E-state index contributed by atoms with van der Waals surface area (Å²) in [7, 11) is 1.55. The number of methoxy groups -OCH3 is 1. The topological polar surface area (TPSA) is 118 Å². The van der Waals surface area contributed by atoms with Crippen molar-refractivity contribution in [3.8, 4) is 22.9 Å². The molecule has 1 saturated heterocycles. The van der Waals surface area contributed by atoms with Crippen molar-refractivity contribution in [2.45, 2.75) is 32.5 Å². The third-order valence-electron chi connectivity index (χ3n) is 6.68. The number of halogens is 1. The molecule has 1 aliphatic rings. The monoisotopic (exact) mass is 501 g/mol. The lowest BCUT2D eigenvalue weighted by molar-refractivity contribution is -0.133. The second kappa shape index (κ2) is 10.2. The Morgan fingerprint density at radius 3 is 2.69 bits per heavy atom. The number of amides is 1. The minimum Gasteiger partial charge on any atom is -0.493 e. The fourth-order valence-electron chi connectivity index (χ4n) is 4.41. The molecule has 10 heteroatoms. The van der Waals surface area contributed by atoms with Crippen molar-refractivity contribution in [2.75, 3.05) is 26.8 Å². The molecule has 4 rings (SSSR count). The Labute approximate surface area is 208 Å². The first-order chi connectivity index (χ1) is 16.7. The maximum atomic E-state index is 12.2. The van der Waals surface area contributed by atoms with Crippen LogP contribution in [0.25, 0.3) is 11.4 Å². The van der Waals surface area contributed by atoms with Gasteiger partial charge in [-0.25, -0.2) is 0 Å². The van der Waals surface area contributed by atoms with Crippen LogP contribution in [-0.4, -0.2) is 64.1 Å². The van der Waals surface area contributed by atoms with Gasteiger partial charge in [-0.1, -0.05) is 29.7 Å². The van der Waals surface area contributed by atoms with Gasteiger partial charge in [-0.3, -0.25) is 4.79 Å². The number of ether oxygens (including phenoxy) is 2. The van der Waals surface area contributed by atoms with Crippen LogP contribution in [0.5, 0.6) is 11.5 Å². The number of aliphatic hydroxyl groups excluding tert-OH is 2. The average molecular weight is 502 g/mol. The second-order valence-electron chi connectivity index (χ2n) is 8.88. The molecular weight excluding hydrogens is 474 g/mol. The van der Waals surface area contributed by atoms with Gasteiger partial charge in [-0.2, -0.15) is 4.98 Å². The lowest BCUT2D eigenvalue weighted by atomic mass is 9.72. The molecule has 186 valence electrons. The Morgan fingerprint density at radius 1 is 1.29 bits per heavy atom. The van der Waals surface area contributed by atoms with Gasteiger partial charge < -0.3 is 29.1 Å². The SMILES string of the molecule is COc1ccc([C@@H]2CN(C(=O)CO)C[C@@]2(C)[C@@H](C)O)cc1OCc1nc(-c2ccc(Cl)cc2)no1. The molecule has 1 amide bonds. The summed E-state index contributed by atoms with van der Waals surface area (Å²) in [6, 6.07) is 12.6. The third kappa shape index (κ3) is 5.12. The summed E-state index contributed by atoms with van der Waals surface area (Å²) < 4.78 is 16.8. The van der Waals surface area contributed by atoms with E-state index in [1.807, 2.05) is 19.1 Å². The van der Waals surface area contributed by atoms with Gasteiger partial charge in [0.2, 0.25) is 11.7 Å². The largest absolute Gasteiger partial charge is 0.493 e.